The van der Waals surface area contributed by atoms with Gasteiger partial charge >= 0.3 is 0 Å². The van der Waals surface area contributed by atoms with Gasteiger partial charge in [-0.2, -0.15) is 0 Å². The van der Waals surface area contributed by atoms with Gasteiger partial charge in [-0.25, -0.2) is 0 Å². The molecule has 0 aromatic heterocycles. The lowest BCUT2D eigenvalue weighted by molar-refractivity contribution is 0.215. The van der Waals surface area contributed by atoms with Gasteiger partial charge in [-0.1, -0.05) is 40.2 Å². The summed E-state index contributed by atoms with van der Waals surface area (Å²) in [5.41, 5.74) is 6.92. The van der Waals surface area contributed by atoms with Crippen molar-refractivity contribution in [1.29, 1.82) is 0 Å². The van der Waals surface area contributed by atoms with Gasteiger partial charge in [0.15, 0.2) is 0 Å². The van der Waals surface area contributed by atoms with Crippen LogP contribution in [-0.4, -0.2) is 13.2 Å². The second-order valence-electron chi connectivity index (χ2n) is 4.48. The van der Waals surface area contributed by atoms with Crippen LogP contribution in [0.3, 0.4) is 0 Å². The second kappa shape index (κ2) is 7.31. The van der Waals surface area contributed by atoms with Crippen LogP contribution in [0.4, 0.5) is 0 Å². The Balaban J connectivity index is 1.84. The largest absolute Gasteiger partial charge is 0.490 e. The summed E-state index contributed by atoms with van der Waals surface area (Å²) in [5, 5.41) is 0. The molecule has 2 N–H and O–H groups in total. The van der Waals surface area contributed by atoms with Crippen LogP contribution in [0.15, 0.2) is 53.0 Å². The zero-order chi connectivity index (χ0) is 14.4. The average molecular weight is 336 g/mol. The number of benzene rings is 2. The highest BCUT2D eigenvalue weighted by Gasteiger charge is 2.06. The van der Waals surface area contributed by atoms with E-state index in [4.69, 9.17) is 15.2 Å². The Labute approximate surface area is 127 Å². The first-order valence-electron chi connectivity index (χ1n) is 6.52. The van der Waals surface area contributed by atoms with Gasteiger partial charge in [0, 0.05) is 16.1 Å². The lowest BCUT2D eigenvalue weighted by atomic mass is 10.1. The van der Waals surface area contributed by atoms with Crippen molar-refractivity contribution >= 4 is 15.9 Å². The lowest BCUT2D eigenvalue weighted by Crippen LogP contribution is -2.12. The van der Waals surface area contributed by atoms with E-state index in [1.165, 1.54) is 0 Å². The molecule has 1 atom stereocenters. The molecule has 0 spiro atoms. The van der Waals surface area contributed by atoms with E-state index < -0.39 is 0 Å². The normalized spacial score (nSPS) is 11.9. The first-order valence-corrected chi connectivity index (χ1v) is 7.32. The summed E-state index contributed by atoms with van der Waals surface area (Å²) in [4.78, 5) is 0. The van der Waals surface area contributed by atoms with E-state index >= 15 is 0 Å². The van der Waals surface area contributed by atoms with Gasteiger partial charge < -0.3 is 15.2 Å². The minimum Gasteiger partial charge on any atom is -0.490 e. The summed E-state index contributed by atoms with van der Waals surface area (Å²) in [6.07, 6.45) is 0. The zero-order valence-corrected chi connectivity index (χ0v) is 13.0. The van der Waals surface area contributed by atoms with Crippen molar-refractivity contribution in [3.05, 3.63) is 58.6 Å². The average Bonchev–Trinajstić information content (AvgIpc) is 2.44. The van der Waals surface area contributed by atoms with Crippen LogP contribution in [-0.2, 0) is 0 Å². The van der Waals surface area contributed by atoms with Gasteiger partial charge in [0.2, 0.25) is 0 Å². The van der Waals surface area contributed by atoms with Gasteiger partial charge in [0.05, 0.1) is 0 Å². The molecular formula is C16H18BrNO2. The fourth-order valence-corrected chi connectivity index (χ4v) is 2.23. The number of ether oxygens (including phenoxy) is 2. The number of halogens is 1. The Morgan fingerprint density at radius 3 is 2.55 bits per heavy atom. The highest BCUT2D eigenvalue weighted by molar-refractivity contribution is 9.10. The third-order valence-electron chi connectivity index (χ3n) is 2.82. The predicted octanol–water partition coefficient (Wildman–Crippen LogP) is 3.93. The van der Waals surface area contributed by atoms with E-state index in [9.17, 15) is 0 Å². The highest BCUT2D eigenvalue weighted by Crippen LogP contribution is 2.23. The molecule has 0 saturated carbocycles. The van der Waals surface area contributed by atoms with Crippen LogP contribution in [0.5, 0.6) is 11.5 Å². The molecule has 0 aliphatic carbocycles. The summed E-state index contributed by atoms with van der Waals surface area (Å²) in [6.45, 7) is 2.92. The molecule has 0 aliphatic heterocycles. The second-order valence-corrected chi connectivity index (χ2v) is 5.40. The van der Waals surface area contributed by atoms with Crippen LogP contribution >= 0.6 is 15.9 Å². The maximum atomic E-state index is 5.91. The first-order chi connectivity index (χ1) is 9.66. The van der Waals surface area contributed by atoms with Crippen molar-refractivity contribution in [2.75, 3.05) is 13.2 Å². The fourth-order valence-electron chi connectivity index (χ4n) is 1.86. The third-order valence-corrected chi connectivity index (χ3v) is 3.31. The highest BCUT2D eigenvalue weighted by atomic mass is 79.9. The van der Waals surface area contributed by atoms with Gasteiger partial charge in [-0.3, -0.25) is 0 Å². The van der Waals surface area contributed by atoms with E-state index in [1.807, 2.05) is 55.5 Å². The number of hydrogen-bond donors (Lipinski definition) is 1. The molecule has 20 heavy (non-hydrogen) atoms. The molecule has 0 bridgehead atoms. The number of para-hydroxylation sites is 1. The molecule has 106 valence electrons. The van der Waals surface area contributed by atoms with Crippen LogP contribution < -0.4 is 15.2 Å². The summed E-state index contributed by atoms with van der Waals surface area (Å²) in [6, 6.07) is 15.5. The topological polar surface area (TPSA) is 44.5 Å². The van der Waals surface area contributed by atoms with E-state index in [1.54, 1.807) is 0 Å². The van der Waals surface area contributed by atoms with E-state index in [2.05, 4.69) is 15.9 Å². The Hall–Kier alpha value is -1.52. The van der Waals surface area contributed by atoms with Crippen molar-refractivity contribution < 1.29 is 9.47 Å². The molecule has 2 aromatic rings. The molecule has 0 fully saturated rings. The van der Waals surface area contributed by atoms with Crippen molar-refractivity contribution in [1.82, 2.24) is 0 Å². The Morgan fingerprint density at radius 1 is 1.05 bits per heavy atom. The summed E-state index contributed by atoms with van der Waals surface area (Å²) in [7, 11) is 0. The molecule has 2 rings (SSSR count). The zero-order valence-electron chi connectivity index (χ0n) is 11.4. The number of nitrogens with two attached hydrogens (primary N) is 1. The van der Waals surface area contributed by atoms with Crippen LogP contribution in [0.25, 0.3) is 0 Å². The van der Waals surface area contributed by atoms with Crippen LogP contribution in [0.1, 0.15) is 18.5 Å². The molecular weight excluding hydrogens is 318 g/mol. The molecule has 4 heteroatoms. The number of hydrogen-bond acceptors (Lipinski definition) is 3. The Kier molecular flexibility index (Phi) is 5.44. The van der Waals surface area contributed by atoms with Crippen molar-refractivity contribution in [2.24, 2.45) is 5.73 Å². The summed E-state index contributed by atoms with van der Waals surface area (Å²) >= 11 is 3.41. The van der Waals surface area contributed by atoms with E-state index in [0.717, 1.165) is 21.5 Å². The van der Waals surface area contributed by atoms with Crippen molar-refractivity contribution in [3.8, 4) is 11.5 Å². The van der Waals surface area contributed by atoms with Gasteiger partial charge in [-0.05, 0) is 31.2 Å². The lowest BCUT2D eigenvalue weighted by Gasteiger charge is -2.14. The van der Waals surface area contributed by atoms with Crippen molar-refractivity contribution in [3.63, 3.8) is 0 Å². The molecule has 0 heterocycles. The first kappa shape index (κ1) is 14.9. The number of rotatable bonds is 6. The minimum absolute atomic E-state index is 0.0443. The standard InChI is InChI=1S/C16H18BrNO2/c1-12(18)15-7-2-3-8-16(15)20-10-9-19-14-6-4-5-13(17)11-14/h2-8,11-12H,9-10,18H2,1H3. The van der Waals surface area contributed by atoms with Crippen LogP contribution in [0.2, 0.25) is 0 Å². The Morgan fingerprint density at radius 2 is 1.80 bits per heavy atom. The van der Waals surface area contributed by atoms with Crippen molar-refractivity contribution in [2.45, 2.75) is 13.0 Å². The molecule has 3 nitrogen and oxygen atoms in total. The molecule has 1 unspecified atom stereocenters. The van der Waals surface area contributed by atoms with Gasteiger partial charge in [0.25, 0.3) is 0 Å². The smallest absolute Gasteiger partial charge is 0.124 e. The maximum absolute atomic E-state index is 5.91. The monoisotopic (exact) mass is 335 g/mol. The molecule has 0 amide bonds. The molecule has 0 saturated heterocycles. The molecule has 2 aromatic carbocycles. The van der Waals surface area contributed by atoms with Crippen LogP contribution in [0, 0.1) is 0 Å². The third kappa shape index (κ3) is 4.25. The fraction of sp³-hybridized carbons (Fsp3) is 0.250. The summed E-state index contributed by atoms with van der Waals surface area (Å²) in [5.74, 6) is 1.64. The maximum Gasteiger partial charge on any atom is 0.124 e. The van der Waals surface area contributed by atoms with E-state index in [-0.39, 0.29) is 6.04 Å². The molecule has 0 aliphatic rings. The Bertz CT molecular complexity index is 558. The minimum atomic E-state index is -0.0443. The van der Waals surface area contributed by atoms with Gasteiger partial charge in [0.1, 0.15) is 24.7 Å². The van der Waals surface area contributed by atoms with Gasteiger partial charge in [-0.15, -0.1) is 0 Å². The molecule has 0 radical (unpaired) electrons. The summed E-state index contributed by atoms with van der Waals surface area (Å²) < 4.78 is 12.4. The SMILES string of the molecule is CC(N)c1ccccc1OCCOc1cccc(Br)c1. The quantitative estimate of drug-likeness (QED) is 0.813. The predicted molar refractivity (Wildman–Crippen MR) is 84.2 cm³/mol. The van der Waals surface area contributed by atoms with E-state index in [0.29, 0.717) is 13.2 Å².